The Hall–Kier alpha value is -1.32. The minimum absolute atomic E-state index is 0.0129. The molecule has 0 saturated carbocycles. The Morgan fingerprint density at radius 2 is 1.88 bits per heavy atom. The molecule has 0 aliphatic rings. The van der Waals surface area contributed by atoms with Crippen LogP contribution in [0.25, 0.3) is 0 Å². The number of carbonyl (C=O) groups is 1. The normalized spacial score (nSPS) is 12.6. The number of hydrogen-bond donors (Lipinski definition) is 1. The molecule has 0 aliphatic carbocycles. The van der Waals surface area contributed by atoms with Gasteiger partial charge >= 0.3 is 0 Å². The number of nitrogens with zero attached hydrogens (tertiary/aromatic N) is 2. The van der Waals surface area contributed by atoms with Gasteiger partial charge in [-0.1, -0.05) is 20.8 Å². The van der Waals surface area contributed by atoms with Crippen LogP contribution in [-0.4, -0.2) is 21.2 Å². The molecule has 1 amide bonds. The number of rotatable bonds is 2. The Balaban J connectivity index is 2.65. The van der Waals surface area contributed by atoms with Gasteiger partial charge < -0.3 is 5.32 Å². The summed E-state index contributed by atoms with van der Waals surface area (Å²) in [6.45, 7) is 12.6. The standard InChI is InChI=1S/C13H23N3O/c1-12(2,3)10-7-14-16(8-10)9-11(17)15-13(4,5)6/h7-8H,9H2,1-6H3,(H,15,17). The van der Waals surface area contributed by atoms with Crippen LogP contribution in [0.5, 0.6) is 0 Å². The maximum atomic E-state index is 11.7. The molecule has 0 unspecified atom stereocenters. The molecule has 4 nitrogen and oxygen atoms in total. The Bertz CT molecular complexity index is 394. The third-order valence-electron chi connectivity index (χ3n) is 2.32. The number of aromatic nitrogens is 2. The molecule has 17 heavy (non-hydrogen) atoms. The Morgan fingerprint density at radius 3 is 2.29 bits per heavy atom. The number of nitrogens with one attached hydrogen (secondary N) is 1. The molecule has 1 aromatic rings. The largest absolute Gasteiger partial charge is 0.350 e. The first-order valence-corrected chi connectivity index (χ1v) is 5.92. The second-order valence-electron chi connectivity index (χ2n) is 6.47. The highest BCUT2D eigenvalue weighted by atomic mass is 16.2. The molecule has 0 radical (unpaired) electrons. The van der Waals surface area contributed by atoms with Crippen molar-refractivity contribution in [2.75, 3.05) is 0 Å². The molecule has 96 valence electrons. The van der Waals surface area contributed by atoms with E-state index in [1.165, 1.54) is 0 Å². The molecule has 0 aliphatic heterocycles. The van der Waals surface area contributed by atoms with Crippen LogP contribution in [0.15, 0.2) is 12.4 Å². The summed E-state index contributed by atoms with van der Waals surface area (Å²) in [6.07, 6.45) is 3.76. The molecular weight excluding hydrogens is 214 g/mol. The van der Waals surface area contributed by atoms with Gasteiger partial charge in [-0.2, -0.15) is 5.10 Å². The van der Waals surface area contributed by atoms with Gasteiger partial charge in [-0.25, -0.2) is 0 Å². The minimum Gasteiger partial charge on any atom is -0.350 e. The van der Waals surface area contributed by atoms with Crippen LogP contribution in [0, 0.1) is 0 Å². The second kappa shape index (κ2) is 4.51. The first-order valence-electron chi connectivity index (χ1n) is 5.92. The van der Waals surface area contributed by atoms with E-state index >= 15 is 0 Å². The van der Waals surface area contributed by atoms with Gasteiger partial charge in [-0.3, -0.25) is 9.48 Å². The summed E-state index contributed by atoms with van der Waals surface area (Å²) >= 11 is 0. The lowest BCUT2D eigenvalue weighted by molar-refractivity contribution is -0.123. The summed E-state index contributed by atoms with van der Waals surface area (Å²) in [6, 6.07) is 0. The van der Waals surface area contributed by atoms with E-state index in [9.17, 15) is 4.79 Å². The maximum Gasteiger partial charge on any atom is 0.242 e. The highest BCUT2D eigenvalue weighted by molar-refractivity contribution is 5.76. The molecule has 1 N–H and O–H groups in total. The van der Waals surface area contributed by atoms with Gasteiger partial charge in [0.1, 0.15) is 6.54 Å². The summed E-state index contributed by atoms with van der Waals surface area (Å²) in [7, 11) is 0. The fourth-order valence-electron chi connectivity index (χ4n) is 1.44. The van der Waals surface area contributed by atoms with E-state index in [1.54, 1.807) is 4.68 Å². The monoisotopic (exact) mass is 237 g/mol. The lowest BCUT2D eigenvalue weighted by atomic mass is 9.90. The van der Waals surface area contributed by atoms with Crippen molar-refractivity contribution in [2.24, 2.45) is 0 Å². The van der Waals surface area contributed by atoms with E-state index in [0.717, 1.165) is 5.56 Å². The van der Waals surface area contributed by atoms with Crippen LogP contribution < -0.4 is 5.32 Å². The van der Waals surface area contributed by atoms with Crippen LogP contribution in [0.2, 0.25) is 0 Å². The topological polar surface area (TPSA) is 46.9 Å². The quantitative estimate of drug-likeness (QED) is 0.856. The molecule has 0 bridgehead atoms. The van der Waals surface area contributed by atoms with E-state index in [4.69, 9.17) is 0 Å². The van der Waals surface area contributed by atoms with Crippen molar-refractivity contribution in [3.63, 3.8) is 0 Å². The minimum atomic E-state index is -0.197. The maximum absolute atomic E-state index is 11.7. The van der Waals surface area contributed by atoms with Crippen molar-refractivity contribution in [2.45, 2.75) is 59.0 Å². The Kier molecular flexibility index (Phi) is 3.65. The summed E-state index contributed by atoms with van der Waals surface area (Å²) in [5, 5.41) is 7.12. The van der Waals surface area contributed by atoms with Gasteiger partial charge in [0.25, 0.3) is 0 Å². The molecule has 0 fully saturated rings. The average molecular weight is 237 g/mol. The first kappa shape index (κ1) is 13.7. The summed E-state index contributed by atoms with van der Waals surface area (Å²) in [5.41, 5.74) is 1.01. The van der Waals surface area contributed by atoms with Crippen molar-refractivity contribution >= 4 is 5.91 Å². The van der Waals surface area contributed by atoms with E-state index in [2.05, 4.69) is 31.2 Å². The molecule has 0 aromatic carbocycles. The third kappa shape index (κ3) is 4.59. The Morgan fingerprint density at radius 1 is 1.29 bits per heavy atom. The SMILES string of the molecule is CC(C)(C)NC(=O)Cn1cc(C(C)(C)C)cn1. The molecule has 1 aromatic heterocycles. The van der Waals surface area contributed by atoms with E-state index < -0.39 is 0 Å². The van der Waals surface area contributed by atoms with Crippen molar-refractivity contribution in [1.29, 1.82) is 0 Å². The van der Waals surface area contributed by atoms with Crippen molar-refractivity contribution in [1.82, 2.24) is 15.1 Å². The fraction of sp³-hybridized carbons (Fsp3) is 0.692. The lowest BCUT2D eigenvalue weighted by Crippen LogP contribution is -2.42. The number of hydrogen-bond acceptors (Lipinski definition) is 2. The van der Waals surface area contributed by atoms with Gasteiger partial charge in [0.2, 0.25) is 5.91 Å². The molecule has 1 heterocycles. The van der Waals surface area contributed by atoms with Crippen molar-refractivity contribution < 1.29 is 4.79 Å². The van der Waals surface area contributed by atoms with Gasteiger partial charge in [0, 0.05) is 11.7 Å². The van der Waals surface area contributed by atoms with E-state index in [0.29, 0.717) is 0 Å². The highest BCUT2D eigenvalue weighted by Gasteiger charge is 2.17. The average Bonchev–Trinajstić information content (AvgIpc) is 2.47. The van der Waals surface area contributed by atoms with Crippen LogP contribution in [0.3, 0.4) is 0 Å². The van der Waals surface area contributed by atoms with Gasteiger partial charge in [-0.05, 0) is 31.7 Å². The van der Waals surface area contributed by atoms with Crippen LogP contribution in [-0.2, 0) is 16.8 Å². The summed E-state index contributed by atoms with van der Waals surface area (Å²) in [4.78, 5) is 11.7. The Labute approximate surface area is 103 Å². The molecular formula is C13H23N3O. The van der Waals surface area contributed by atoms with E-state index in [1.807, 2.05) is 33.2 Å². The van der Waals surface area contributed by atoms with Gasteiger partial charge in [-0.15, -0.1) is 0 Å². The van der Waals surface area contributed by atoms with E-state index in [-0.39, 0.29) is 23.4 Å². The summed E-state index contributed by atoms with van der Waals surface area (Å²) < 4.78 is 1.68. The van der Waals surface area contributed by atoms with Crippen LogP contribution in [0.4, 0.5) is 0 Å². The van der Waals surface area contributed by atoms with Crippen LogP contribution >= 0.6 is 0 Å². The predicted octanol–water partition coefficient (Wildman–Crippen LogP) is 2.10. The number of amides is 1. The third-order valence-corrected chi connectivity index (χ3v) is 2.32. The van der Waals surface area contributed by atoms with Crippen molar-refractivity contribution in [3.8, 4) is 0 Å². The molecule has 4 heteroatoms. The first-order chi connectivity index (χ1) is 7.58. The highest BCUT2D eigenvalue weighted by Crippen LogP contribution is 2.20. The number of carbonyl (C=O) groups excluding carboxylic acids is 1. The summed E-state index contributed by atoms with van der Waals surface area (Å²) in [5.74, 6) is -0.0129. The predicted molar refractivity (Wildman–Crippen MR) is 68.8 cm³/mol. The van der Waals surface area contributed by atoms with Gasteiger partial charge in [0.05, 0.1) is 6.20 Å². The van der Waals surface area contributed by atoms with Gasteiger partial charge in [0.15, 0.2) is 0 Å². The zero-order chi connectivity index (χ0) is 13.3. The zero-order valence-corrected chi connectivity index (χ0v) is 11.7. The van der Waals surface area contributed by atoms with Crippen LogP contribution in [0.1, 0.15) is 47.1 Å². The molecule has 1 rings (SSSR count). The molecule has 0 atom stereocenters. The van der Waals surface area contributed by atoms with Crippen molar-refractivity contribution in [3.05, 3.63) is 18.0 Å². The molecule has 0 spiro atoms. The lowest BCUT2D eigenvalue weighted by Gasteiger charge is -2.20. The second-order valence-corrected chi connectivity index (χ2v) is 6.47. The smallest absolute Gasteiger partial charge is 0.242 e. The zero-order valence-electron chi connectivity index (χ0n) is 11.7. The fourth-order valence-corrected chi connectivity index (χ4v) is 1.44. The molecule has 0 saturated heterocycles.